The fourth-order valence-corrected chi connectivity index (χ4v) is 3.58. The number of hydrogen-bond donors (Lipinski definition) is 2. The van der Waals surface area contributed by atoms with Crippen LogP contribution in [0.25, 0.3) is 0 Å². The Labute approximate surface area is 230 Å². The van der Waals surface area contributed by atoms with Gasteiger partial charge in [0.05, 0.1) is 6.61 Å². The van der Waals surface area contributed by atoms with Crippen molar-refractivity contribution in [3.63, 3.8) is 0 Å². The van der Waals surface area contributed by atoms with E-state index in [0.717, 1.165) is 12.8 Å². The summed E-state index contributed by atoms with van der Waals surface area (Å²) in [4.78, 5) is 48.7. The van der Waals surface area contributed by atoms with Crippen molar-refractivity contribution < 1.29 is 48.0 Å². The lowest BCUT2D eigenvalue weighted by atomic mass is 9.82. The van der Waals surface area contributed by atoms with Gasteiger partial charge in [-0.05, 0) is 71.6 Å². The minimum Gasteiger partial charge on any atom is -0.480 e. The van der Waals surface area contributed by atoms with Gasteiger partial charge in [-0.15, -0.1) is 0 Å². The lowest BCUT2D eigenvalue weighted by Gasteiger charge is -2.28. The number of unbranched alkanes of at least 4 members (excludes halogenated alkanes) is 2. The van der Waals surface area contributed by atoms with Crippen LogP contribution in [0.5, 0.6) is 11.5 Å². The van der Waals surface area contributed by atoms with Crippen molar-refractivity contribution in [2.45, 2.75) is 104 Å². The van der Waals surface area contributed by atoms with Crippen LogP contribution in [0, 0.1) is 5.92 Å². The highest BCUT2D eigenvalue weighted by atomic mass is 16.8. The number of hydrogen-bond acceptors (Lipinski definition) is 10. The van der Waals surface area contributed by atoms with Gasteiger partial charge in [-0.3, -0.25) is 9.59 Å². The normalized spacial score (nSPS) is 14.0. The molecule has 11 nitrogen and oxygen atoms in total. The molecule has 0 amide bonds. The lowest BCUT2D eigenvalue weighted by Crippen LogP contribution is -2.40. The van der Waals surface area contributed by atoms with Crippen LogP contribution in [0.15, 0.2) is 18.2 Å². The topological polar surface area (TPSA) is 161 Å². The van der Waals surface area contributed by atoms with Crippen molar-refractivity contribution >= 4 is 24.2 Å². The number of carbonyl (C=O) groups is 4. The summed E-state index contributed by atoms with van der Waals surface area (Å²) in [6.45, 7) is 13.6. The molecule has 0 aliphatic rings. The second-order valence-electron chi connectivity index (χ2n) is 11.3. The molecule has 1 rings (SSSR count). The van der Waals surface area contributed by atoms with Crippen molar-refractivity contribution in [1.29, 1.82) is 0 Å². The third-order valence-electron chi connectivity index (χ3n) is 5.30. The Bertz CT molecular complexity index is 993. The first-order valence-electron chi connectivity index (χ1n) is 13.0. The van der Waals surface area contributed by atoms with E-state index in [1.807, 2.05) is 6.92 Å². The molecule has 0 fully saturated rings. The summed E-state index contributed by atoms with van der Waals surface area (Å²) >= 11 is 0. The number of carboxylic acids is 1. The summed E-state index contributed by atoms with van der Waals surface area (Å²) in [5.41, 5.74) is 4.69. The second kappa shape index (κ2) is 14.7. The molecule has 0 heterocycles. The van der Waals surface area contributed by atoms with E-state index in [-0.39, 0.29) is 30.5 Å². The summed E-state index contributed by atoms with van der Waals surface area (Å²) in [5.74, 6) is -3.41. The van der Waals surface area contributed by atoms with Crippen LogP contribution in [0.1, 0.15) is 92.6 Å². The molecular weight excluding hydrogens is 510 g/mol. The Morgan fingerprint density at radius 1 is 0.897 bits per heavy atom. The first kappa shape index (κ1) is 33.7. The van der Waals surface area contributed by atoms with Crippen LogP contribution in [0.3, 0.4) is 0 Å². The molecule has 3 N–H and O–H groups in total. The fourth-order valence-electron chi connectivity index (χ4n) is 3.58. The third-order valence-corrected chi connectivity index (χ3v) is 5.30. The van der Waals surface area contributed by atoms with Crippen LogP contribution < -0.4 is 15.2 Å². The lowest BCUT2D eigenvalue weighted by molar-refractivity contribution is -0.145. The number of carboxylic acid groups (broad SMARTS) is 1. The average molecular weight is 554 g/mol. The SMILES string of the molecule is CCCCCC(=O)OCC(C)C(c1ccc(OC(=O)OC(C)(C)C)c(OC(=O)OC(C)(C)C)c1)[C@H](N)C(=O)O. The summed E-state index contributed by atoms with van der Waals surface area (Å²) in [6, 6.07) is 2.79. The Hall–Kier alpha value is -3.34. The van der Waals surface area contributed by atoms with E-state index in [2.05, 4.69) is 0 Å². The quantitative estimate of drug-likeness (QED) is 0.144. The largest absolute Gasteiger partial charge is 0.514 e. The van der Waals surface area contributed by atoms with E-state index in [0.29, 0.717) is 12.0 Å². The van der Waals surface area contributed by atoms with E-state index >= 15 is 0 Å². The standard InChI is InChI=1S/C28H43NO10/c1-9-10-11-12-21(30)35-16-17(2)22(23(29)24(31)32)18-13-14-19(36-25(33)38-27(3,4)5)20(15-18)37-26(34)39-28(6,7)8/h13-15,17,22-23H,9-12,16,29H2,1-8H3,(H,31,32)/t17?,22?,23-/m0/s1. The van der Waals surface area contributed by atoms with E-state index in [1.165, 1.54) is 18.2 Å². The second-order valence-corrected chi connectivity index (χ2v) is 11.3. The number of carbonyl (C=O) groups excluding carboxylic acids is 3. The zero-order valence-electron chi connectivity index (χ0n) is 24.2. The molecule has 2 unspecified atom stereocenters. The molecule has 0 aromatic heterocycles. The Kier molecular flexibility index (Phi) is 12.7. The Morgan fingerprint density at radius 2 is 1.44 bits per heavy atom. The van der Waals surface area contributed by atoms with Crippen LogP contribution in [0.2, 0.25) is 0 Å². The zero-order chi connectivity index (χ0) is 30.0. The van der Waals surface area contributed by atoms with Crippen LogP contribution in [0.4, 0.5) is 9.59 Å². The number of rotatable bonds is 12. The summed E-state index contributed by atoms with van der Waals surface area (Å²) in [6.07, 6.45) is 0.719. The van der Waals surface area contributed by atoms with Gasteiger partial charge in [-0.2, -0.15) is 0 Å². The van der Waals surface area contributed by atoms with Gasteiger partial charge < -0.3 is 34.5 Å². The average Bonchev–Trinajstić information content (AvgIpc) is 2.77. The zero-order valence-corrected chi connectivity index (χ0v) is 24.2. The van der Waals surface area contributed by atoms with Crippen molar-refractivity contribution in [2.24, 2.45) is 11.7 Å². The maximum atomic E-state index is 12.4. The molecule has 0 aliphatic heterocycles. The van der Waals surface area contributed by atoms with Crippen molar-refractivity contribution in [1.82, 2.24) is 0 Å². The number of esters is 1. The third kappa shape index (κ3) is 12.8. The Balaban J connectivity index is 3.34. The molecule has 11 heteroatoms. The predicted octanol–water partition coefficient (Wildman–Crippen LogP) is 5.57. The van der Waals surface area contributed by atoms with Gasteiger partial charge in [0.15, 0.2) is 11.5 Å². The molecule has 0 radical (unpaired) electrons. The maximum absolute atomic E-state index is 12.4. The number of nitrogens with two attached hydrogens (primary N) is 1. The predicted molar refractivity (Wildman–Crippen MR) is 143 cm³/mol. The van der Waals surface area contributed by atoms with Gasteiger partial charge in [-0.25, -0.2) is 9.59 Å². The Morgan fingerprint density at radius 3 is 1.92 bits per heavy atom. The van der Waals surface area contributed by atoms with Gasteiger partial charge in [0.25, 0.3) is 0 Å². The van der Waals surface area contributed by atoms with Crippen molar-refractivity contribution in [3.8, 4) is 11.5 Å². The molecule has 3 atom stereocenters. The van der Waals surface area contributed by atoms with E-state index < -0.39 is 47.4 Å². The van der Waals surface area contributed by atoms with Crippen LogP contribution >= 0.6 is 0 Å². The first-order valence-corrected chi connectivity index (χ1v) is 13.0. The van der Waals surface area contributed by atoms with Crippen LogP contribution in [-0.4, -0.2) is 53.2 Å². The van der Waals surface area contributed by atoms with Crippen molar-refractivity contribution in [2.75, 3.05) is 6.61 Å². The molecule has 220 valence electrons. The van der Waals surface area contributed by atoms with Crippen LogP contribution in [-0.2, 0) is 23.8 Å². The van der Waals surface area contributed by atoms with E-state index in [9.17, 15) is 24.3 Å². The molecule has 39 heavy (non-hydrogen) atoms. The minimum absolute atomic E-state index is 0.0744. The van der Waals surface area contributed by atoms with Crippen molar-refractivity contribution in [3.05, 3.63) is 23.8 Å². The van der Waals surface area contributed by atoms with E-state index in [1.54, 1.807) is 48.5 Å². The molecule has 1 aromatic carbocycles. The highest BCUT2D eigenvalue weighted by Gasteiger charge is 2.33. The van der Waals surface area contributed by atoms with E-state index in [4.69, 9.17) is 29.4 Å². The fraction of sp³-hybridized carbons (Fsp3) is 0.643. The van der Waals surface area contributed by atoms with Gasteiger partial charge in [0.1, 0.15) is 17.2 Å². The monoisotopic (exact) mass is 553 g/mol. The summed E-state index contributed by atoms with van der Waals surface area (Å²) in [5, 5.41) is 9.68. The first-order chi connectivity index (χ1) is 17.9. The number of ether oxygens (including phenoxy) is 5. The molecule has 1 aromatic rings. The molecule has 0 bridgehead atoms. The van der Waals surface area contributed by atoms with Gasteiger partial charge in [-0.1, -0.05) is 32.8 Å². The van der Waals surface area contributed by atoms with Gasteiger partial charge in [0, 0.05) is 12.3 Å². The number of benzene rings is 1. The van der Waals surface area contributed by atoms with Gasteiger partial charge in [0.2, 0.25) is 0 Å². The summed E-state index contributed by atoms with van der Waals surface area (Å²) in [7, 11) is 0. The smallest absolute Gasteiger partial charge is 0.480 e. The minimum atomic E-state index is -1.38. The van der Waals surface area contributed by atoms with Gasteiger partial charge >= 0.3 is 24.2 Å². The number of aliphatic carboxylic acids is 1. The molecule has 0 spiro atoms. The molecular formula is C28H43NO10. The highest BCUT2D eigenvalue weighted by molar-refractivity contribution is 5.75. The highest BCUT2D eigenvalue weighted by Crippen LogP contribution is 2.36. The summed E-state index contributed by atoms with van der Waals surface area (Å²) < 4.78 is 26.4. The molecule has 0 saturated carbocycles. The molecule has 0 aliphatic carbocycles. The molecule has 0 saturated heterocycles. The maximum Gasteiger partial charge on any atom is 0.514 e.